The Bertz CT molecular complexity index is 1870. The molecule has 0 aliphatic carbocycles. The minimum Gasteiger partial charge on any atom is -0.380 e. The first-order chi connectivity index (χ1) is 40.1. The molecule has 1 rings (SSSR count). The van der Waals surface area contributed by atoms with Gasteiger partial charge in [0.15, 0.2) is 0 Å². The van der Waals surface area contributed by atoms with Crippen LogP contribution in [0.5, 0.6) is 0 Å². The van der Waals surface area contributed by atoms with Gasteiger partial charge in [-0.3, -0.25) is 43.3 Å². The van der Waals surface area contributed by atoms with Crippen molar-refractivity contribution in [2.45, 2.75) is 255 Å². The molecule has 0 bridgehead atoms. The van der Waals surface area contributed by atoms with Crippen molar-refractivity contribution < 1.29 is 52.6 Å². The molecule has 486 valence electrons. The van der Waals surface area contributed by atoms with Crippen LogP contribution in [0.15, 0.2) is 12.2 Å². The summed E-state index contributed by atoms with van der Waals surface area (Å²) < 4.78 is 17.8. The van der Waals surface area contributed by atoms with Crippen LogP contribution in [-0.2, 0) is 52.6 Å². The Kier molecular flexibility index (Phi) is 43.2. The van der Waals surface area contributed by atoms with E-state index in [-0.39, 0.29) is 113 Å². The van der Waals surface area contributed by atoms with E-state index in [0.717, 1.165) is 81.9 Å². The van der Waals surface area contributed by atoms with Crippen LogP contribution in [0.3, 0.4) is 0 Å². The Balaban J connectivity index is 2.81. The Hall–Kier alpha value is -4.42. The minimum absolute atomic E-state index is 0.00371. The summed E-state index contributed by atoms with van der Waals surface area (Å²) in [6.07, 6.45) is 29.4. The molecule has 1 aliphatic heterocycles. The van der Waals surface area contributed by atoms with Gasteiger partial charge in [0.25, 0.3) is 11.8 Å². The standard InChI is InChI=1S/C66H121N7O11/c1-11-15-19-23-25-29-33-53(31-27-21-17-13-3)61(79)68-41-44-82-45-42-69-63(81)55(72-58(76)47-64(5,6)50-83-46-40-67-57(75)39-43-73-59(77)37-38-60(73)78)35-36-56(74)70-48-65(7,8)51-84-52-66(9,10)49-71-62(80)54(32-28-22-18-14-4)34-30-26-24-20-16-12-2/h37-38,53-55H,11-36,39-52H2,1-10H3,(H,67,75)(H,68,79)(H,69,81)(H,70,74)(H,71,80)(H,72,76)/t53?,54?,55-/m0/s1. The molecule has 18 nitrogen and oxygen atoms in total. The summed E-state index contributed by atoms with van der Waals surface area (Å²) in [5.74, 6) is -2.12. The summed E-state index contributed by atoms with van der Waals surface area (Å²) in [6, 6.07) is -1.02. The van der Waals surface area contributed by atoms with E-state index in [1.54, 1.807) is 0 Å². The van der Waals surface area contributed by atoms with Gasteiger partial charge < -0.3 is 46.1 Å². The second-order valence-corrected chi connectivity index (χ2v) is 26.0. The average Bonchev–Trinajstić information content (AvgIpc) is 4.04. The molecule has 0 saturated heterocycles. The number of ether oxygens (including phenoxy) is 3. The van der Waals surface area contributed by atoms with E-state index in [9.17, 15) is 38.4 Å². The van der Waals surface area contributed by atoms with E-state index in [0.29, 0.717) is 32.8 Å². The smallest absolute Gasteiger partial charge is 0.253 e. The maximum absolute atomic E-state index is 13.7. The van der Waals surface area contributed by atoms with Crippen LogP contribution in [0.25, 0.3) is 0 Å². The van der Waals surface area contributed by atoms with Gasteiger partial charge in [-0.25, -0.2) is 0 Å². The Morgan fingerprint density at radius 2 is 0.821 bits per heavy atom. The van der Waals surface area contributed by atoms with E-state index in [1.165, 1.54) is 89.2 Å². The number of hydrogen-bond acceptors (Lipinski definition) is 11. The van der Waals surface area contributed by atoms with Crippen LogP contribution in [0.1, 0.15) is 249 Å². The predicted molar refractivity (Wildman–Crippen MR) is 336 cm³/mol. The van der Waals surface area contributed by atoms with Crippen molar-refractivity contribution in [3.63, 3.8) is 0 Å². The molecule has 0 aromatic rings. The number of nitrogens with one attached hydrogen (secondary N) is 6. The topological polar surface area (TPSA) is 240 Å². The van der Waals surface area contributed by atoms with Gasteiger partial charge in [-0.2, -0.15) is 0 Å². The number of amides is 8. The highest BCUT2D eigenvalue weighted by Gasteiger charge is 2.30. The summed E-state index contributed by atoms with van der Waals surface area (Å²) in [5, 5.41) is 17.7. The summed E-state index contributed by atoms with van der Waals surface area (Å²) >= 11 is 0. The molecule has 0 fully saturated rings. The molecular weight excluding hydrogens is 1070 g/mol. The van der Waals surface area contributed by atoms with E-state index in [1.807, 2.05) is 27.7 Å². The summed E-state index contributed by atoms with van der Waals surface area (Å²) in [4.78, 5) is 104. The zero-order valence-corrected chi connectivity index (χ0v) is 54.6. The fourth-order valence-corrected chi connectivity index (χ4v) is 10.1. The summed E-state index contributed by atoms with van der Waals surface area (Å²) in [7, 11) is 0. The maximum atomic E-state index is 13.7. The van der Waals surface area contributed by atoms with Crippen molar-refractivity contribution in [1.82, 2.24) is 36.8 Å². The number of hydrogen-bond donors (Lipinski definition) is 6. The fourth-order valence-electron chi connectivity index (χ4n) is 10.1. The molecule has 2 unspecified atom stereocenters. The Labute approximate surface area is 508 Å². The number of imide groups is 1. The predicted octanol–water partition coefficient (Wildman–Crippen LogP) is 10.3. The molecule has 0 saturated carbocycles. The molecule has 18 heteroatoms. The van der Waals surface area contributed by atoms with Crippen molar-refractivity contribution in [3.05, 3.63) is 12.2 Å². The van der Waals surface area contributed by atoms with E-state index in [2.05, 4.69) is 73.4 Å². The lowest BCUT2D eigenvalue weighted by atomic mass is 9.90. The lowest BCUT2D eigenvalue weighted by Crippen LogP contribution is -2.49. The largest absolute Gasteiger partial charge is 0.380 e. The lowest BCUT2D eigenvalue weighted by molar-refractivity contribution is -0.137. The van der Waals surface area contributed by atoms with Crippen LogP contribution in [-0.4, -0.2) is 137 Å². The molecule has 84 heavy (non-hydrogen) atoms. The van der Waals surface area contributed by atoms with Crippen molar-refractivity contribution in [1.29, 1.82) is 0 Å². The van der Waals surface area contributed by atoms with Crippen LogP contribution in [0, 0.1) is 28.1 Å². The summed E-state index contributed by atoms with van der Waals surface area (Å²) in [6.45, 7) is 23.8. The van der Waals surface area contributed by atoms with E-state index >= 15 is 0 Å². The highest BCUT2D eigenvalue weighted by Crippen LogP contribution is 2.24. The quantitative estimate of drug-likeness (QED) is 0.0247. The van der Waals surface area contributed by atoms with E-state index < -0.39 is 40.5 Å². The highest BCUT2D eigenvalue weighted by molar-refractivity contribution is 6.13. The molecular formula is C66H121N7O11. The van der Waals surface area contributed by atoms with Gasteiger partial charge in [0.1, 0.15) is 6.04 Å². The van der Waals surface area contributed by atoms with Gasteiger partial charge in [-0.05, 0) is 37.5 Å². The zero-order valence-electron chi connectivity index (χ0n) is 54.6. The fraction of sp³-hybridized carbons (Fsp3) is 0.848. The number of unbranched alkanes of at least 4 members (excludes halogenated alkanes) is 16. The van der Waals surface area contributed by atoms with Crippen LogP contribution < -0.4 is 31.9 Å². The third-order valence-corrected chi connectivity index (χ3v) is 15.4. The van der Waals surface area contributed by atoms with Crippen molar-refractivity contribution in [2.24, 2.45) is 28.1 Å². The monoisotopic (exact) mass is 1190 g/mol. The van der Waals surface area contributed by atoms with Gasteiger partial charge in [-0.1, -0.05) is 198 Å². The SMILES string of the molecule is CCCCCCCCC(CCCCCC)C(=O)NCCOCCNC(=O)[C@H](CCC(=O)NCC(C)(C)COCC(C)(C)CNC(=O)C(CCCCCC)CCCCCCCC)NC(=O)CC(C)(C)COCCNC(=O)CCN1C(=O)C=CC1=O. The zero-order chi connectivity index (χ0) is 62.5. The molecule has 0 aromatic heterocycles. The van der Waals surface area contributed by atoms with Crippen molar-refractivity contribution >= 4 is 47.3 Å². The van der Waals surface area contributed by atoms with Gasteiger partial charge in [-0.15, -0.1) is 0 Å². The number of rotatable bonds is 55. The third-order valence-electron chi connectivity index (χ3n) is 15.4. The molecule has 3 atom stereocenters. The minimum atomic E-state index is -1.02. The molecule has 6 N–H and O–H groups in total. The van der Waals surface area contributed by atoms with Gasteiger partial charge in [0, 0.05) is 93.3 Å². The molecule has 8 amide bonds. The van der Waals surface area contributed by atoms with Crippen molar-refractivity contribution in [3.8, 4) is 0 Å². The van der Waals surface area contributed by atoms with Gasteiger partial charge >= 0.3 is 0 Å². The molecule has 0 spiro atoms. The van der Waals surface area contributed by atoms with Crippen LogP contribution in [0.4, 0.5) is 0 Å². The Morgan fingerprint density at radius 3 is 1.32 bits per heavy atom. The van der Waals surface area contributed by atoms with Crippen molar-refractivity contribution in [2.75, 3.05) is 78.9 Å². The first kappa shape index (κ1) is 77.6. The van der Waals surface area contributed by atoms with Crippen LogP contribution >= 0.6 is 0 Å². The van der Waals surface area contributed by atoms with E-state index in [4.69, 9.17) is 14.2 Å². The summed E-state index contributed by atoms with van der Waals surface area (Å²) in [5.41, 5.74) is -1.40. The molecule has 1 aliphatic rings. The first-order valence-corrected chi connectivity index (χ1v) is 33.0. The number of carbonyl (C=O) groups is 8. The second kappa shape index (κ2) is 46.8. The lowest BCUT2D eigenvalue weighted by Gasteiger charge is -2.30. The molecule has 0 aromatic carbocycles. The normalized spacial score (nSPS) is 13.9. The maximum Gasteiger partial charge on any atom is 0.253 e. The number of carbonyl (C=O) groups excluding carboxylic acids is 8. The van der Waals surface area contributed by atoms with Crippen LogP contribution in [0.2, 0.25) is 0 Å². The van der Waals surface area contributed by atoms with Gasteiger partial charge in [0.2, 0.25) is 35.4 Å². The average molecular weight is 1190 g/mol. The first-order valence-electron chi connectivity index (χ1n) is 33.0. The third kappa shape index (κ3) is 40.1. The highest BCUT2D eigenvalue weighted by atomic mass is 16.5. The number of nitrogens with zero attached hydrogens (tertiary/aromatic N) is 1. The molecule has 0 radical (unpaired) electrons. The second-order valence-electron chi connectivity index (χ2n) is 26.0. The Morgan fingerprint density at radius 1 is 0.429 bits per heavy atom. The van der Waals surface area contributed by atoms with Gasteiger partial charge in [0.05, 0.1) is 39.6 Å². The molecule has 1 heterocycles.